The van der Waals surface area contributed by atoms with Crippen molar-refractivity contribution in [1.82, 2.24) is 0 Å². The molecule has 1 fully saturated rings. The fraction of sp³-hybridized carbons (Fsp3) is 0.462. The van der Waals surface area contributed by atoms with Crippen molar-refractivity contribution in [2.24, 2.45) is 0 Å². The Morgan fingerprint density at radius 2 is 2.06 bits per heavy atom. The zero-order valence-electron chi connectivity index (χ0n) is 9.44. The summed E-state index contributed by atoms with van der Waals surface area (Å²) in [7, 11) is 0. The minimum Gasteiger partial charge on any atom is -0.482 e. The summed E-state index contributed by atoms with van der Waals surface area (Å²) in [6.45, 7) is 1.50. The van der Waals surface area contributed by atoms with Crippen LogP contribution in [0.15, 0.2) is 18.2 Å². The number of aryl methyl sites for hydroxylation is 1. The minimum absolute atomic E-state index is 0.334. The van der Waals surface area contributed by atoms with Crippen LogP contribution in [0.5, 0.6) is 5.75 Å². The number of hydrogen-bond acceptors (Lipinski definition) is 4. The first kappa shape index (κ1) is 10.6. The highest BCUT2D eigenvalue weighted by Crippen LogP contribution is 2.35. The van der Waals surface area contributed by atoms with E-state index in [1.165, 1.54) is 0 Å². The van der Waals surface area contributed by atoms with E-state index in [2.05, 4.69) is 6.07 Å². The van der Waals surface area contributed by atoms with Gasteiger partial charge in [0.05, 0.1) is 24.8 Å². The predicted octanol–water partition coefficient (Wildman–Crippen LogP) is 1.63. The van der Waals surface area contributed by atoms with Crippen LogP contribution in [0, 0.1) is 11.3 Å². The molecule has 1 aromatic rings. The lowest BCUT2D eigenvalue weighted by Gasteiger charge is -2.40. The number of fused-ring (bicyclic) bond motifs is 1. The standard InChI is InChI=1S/C13H13NO3/c14-6-10-1-2-12-11(5-10)3-4-13(17-12)7-15-9-16-8-13/h1-2,5H,3-4,7-9H2. The van der Waals surface area contributed by atoms with Crippen molar-refractivity contribution >= 4 is 0 Å². The smallest absolute Gasteiger partial charge is 0.156 e. The van der Waals surface area contributed by atoms with Gasteiger partial charge >= 0.3 is 0 Å². The van der Waals surface area contributed by atoms with Gasteiger partial charge in [-0.3, -0.25) is 0 Å². The molecule has 88 valence electrons. The molecular weight excluding hydrogens is 218 g/mol. The predicted molar refractivity (Wildman–Crippen MR) is 59.6 cm³/mol. The van der Waals surface area contributed by atoms with Crippen LogP contribution in [0.1, 0.15) is 17.5 Å². The highest BCUT2D eigenvalue weighted by molar-refractivity contribution is 5.43. The quantitative estimate of drug-likeness (QED) is 0.681. The van der Waals surface area contributed by atoms with E-state index >= 15 is 0 Å². The third-order valence-electron chi connectivity index (χ3n) is 3.26. The van der Waals surface area contributed by atoms with Gasteiger partial charge in [-0.1, -0.05) is 0 Å². The summed E-state index contributed by atoms with van der Waals surface area (Å²) in [5, 5.41) is 8.85. The molecule has 4 heteroatoms. The fourth-order valence-corrected chi connectivity index (χ4v) is 2.35. The minimum atomic E-state index is -0.334. The summed E-state index contributed by atoms with van der Waals surface area (Å²) in [5.74, 6) is 0.851. The van der Waals surface area contributed by atoms with Crippen molar-refractivity contribution in [3.63, 3.8) is 0 Å². The van der Waals surface area contributed by atoms with E-state index in [9.17, 15) is 0 Å². The Morgan fingerprint density at radius 1 is 1.24 bits per heavy atom. The first-order valence-electron chi connectivity index (χ1n) is 5.69. The van der Waals surface area contributed by atoms with Crippen LogP contribution >= 0.6 is 0 Å². The van der Waals surface area contributed by atoms with Gasteiger partial charge in [-0.15, -0.1) is 0 Å². The Labute approximate surface area is 99.7 Å². The van der Waals surface area contributed by atoms with Gasteiger partial charge in [0.2, 0.25) is 0 Å². The third-order valence-corrected chi connectivity index (χ3v) is 3.26. The first-order valence-corrected chi connectivity index (χ1v) is 5.69. The molecule has 0 amide bonds. The lowest BCUT2D eigenvalue weighted by atomic mass is 9.91. The van der Waals surface area contributed by atoms with Gasteiger partial charge < -0.3 is 14.2 Å². The molecule has 0 aliphatic carbocycles. The number of hydrogen-bond donors (Lipinski definition) is 0. The van der Waals surface area contributed by atoms with Crippen LogP contribution in [0.2, 0.25) is 0 Å². The molecule has 17 heavy (non-hydrogen) atoms. The monoisotopic (exact) mass is 231 g/mol. The van der Waals surface area contributed by atoms with Crippen LogP contribution in [0.3, 0.4) is 0 Å². The largest absolute Gasteiger partial charge is 0.482 e. The average molecular weight is 231 g/mol. The van der Waals surface area contributed by atoms with Crippen molar-refractivity contribution in [1.29, 1.82) is 5.26 Å². The fourth-order valence-electron chi connectivity index (χ4n) is 2.35. The molecule has 1 saturated heterocycles. The third kappa shape index (κ3) is 1.88. The van der Waals surface area contributed by atoms with E-state index in [1.807, 2.05) is 12.1 Å². The number of ether oxygens (including phenoxy) is 3. The highest BCUT2D eigenvalue weighted by Gasteiger charge is 2.39. The number of benzene rings is 1. The zero-order valence-corrected chi connectivity index (χ0v) is 9.44. The maximum atomic E-state index is 8.85. The molecule has 2 heterocycles. The summed E-state index contributed by atoms with van der Waals surface area (Å²) in [6.07, 6.45) is 1.77. The van der Waals surface area contributed by atoms with Crippen molar-refractivity contribution in [3.8, 4) is 11.8 Å². The SMILES string of the molecule is N#Cc1ccc2c(c1)CCC1(COCOC1)O2. The molecule has 3 rings (SSSR count). The topological polar surface area (TPSA) is 51.5 Å². The van der Waals surface area contributed by atoms with E-state index in [0.717, 1.165) is 24.2 Å². The molecule has 2 aliphatic rings. The molecule has 0 saturated carbocycles. The molecule has 0 bridgehead atoms. The van der Waals surface area contributed by atoms with E-state index in [4.69, 9.17) is 19.5 Å². The molecule has 2 aliphatic heterocycles. The molecule has 4 nitrogen and oxygen atoms in total. The Bertz CT molecular complexity index is 472. The lowest BCUT2D eigenvalue weighted by Crippen LogP contribution is -2.51. The van der Waals surface area contributed by atoms with Crippen molar-refractivity contribution in [2.75, 3.05) is 20.0 Å². The molecule has 0 radical (unpaired) electrons. The normalized spacial score (nSPS) is 21.4. The van der Waals surface area contributed by atoms with Gasteiger partial charge in [0.15, 0.2) is 5.60 Å². The molecule has 0 unspecified atom stereocenters. The van der Waals surface area contributed by atoms with Gasteiger partial charge in [-0.05, 0) is 36.6 Å². The van der Waals surface area contributed by atoms with E-state index in [-0.39, 0.29) is 5.60 Å². The highest BCUT2D eigenvalue weighted by atomic mass is 16.7. The van der Waals surface area contributed by atoms with Crippen molar-refractivity contribution in [3.05, 3.63) is 29.3 Å². The van der Waals surface area contributed by atoms with Crippen LogP contribution < -0.4 is 4.74 Å². The zero-order chi connectivity index (χ0) is 11.7. The van der Waals surface area contributed by atoms with E-state index in [1.54, 1.807) is 6.07 Å². The second kappa shape index (κ2) is 4.02. The maximum Gasteiger partial charge on any atom is 0.156 e. The summed E-state index contributed by atoms with van der Waals surface area (Å²) in [6, 6.07) is 7.68. The first-order chi connectivity index (χ1) is 8.31. The molecular formula is C13H13NO3. The summed E-state index contributed by atoms with van der Waals surface area (Å²) < 4.78 is 16.6. The van der Waals surface area contributed by atoms with Crippen LogP contribution in [0.4, 0.5) is 0 Å². The molecule has 1 aromatic carbocycles. The van der Waals surface area contributed by atoms with Crippen molar-refractivity contribution in [2.45, 2.75) is 18.4 Å². The molecule has 0 N–H and O–H groups in total. The average Bonchev–Trinajstić information content (AvgIpc) is 2.39. The van der Waals surface area contributed by atoms with E-state index < -0.39 is 0 Å². The second-order valence-corrected chi connectivity index (χ2v) is 4.53. The van der Waals surface area contributed by atoms with Crippen molar-refractivity contribution < 1.29 is 14.2 Å². The number of nitrogens with zero attached hydrogens (tertiary/aromatic N) is 1. The molecule has 1 spiro atoms. The molecule has 0 aromatic heterocycles. The Morgan fingerprint density at radius 3 is 2.82 bits per heavy atom. The van der Waals surface area contributed by atoms with Crippen LogP contribution in [-0.2, 0) is 15.9 Å². The lowest BCUT2D eigenvalue weighted by molar-refractivity contribution is -0.194. The van der Waals surface area contributed by atoms with Gasteiger partial charge in [0, 0.05) is 0 Å². The summed E-state index contributed by atoms with van der Waals surface area (Å²) >= 11 is 0. The Kier molecular flexibility index (Phi) is 2.50. The Balaban J connectivity index is 1.88. The van der Waals surface area contributed by atoms with Gasteiger partial charge in [-0.2, -0.15) is 5.26 Å². The number of nitriles is 1. The Hall–Kier alpha value is -1.57. The van der Waals surface area contributed by atoms with E-state index in [0.29, 0.717) is 25.6 Å². The number of rotatable bonds is 0. The van der Waals surface area contributed by atoms with Gasteiger partial charge in [-0.25, -0.2) is 0 Å². The summed E-state index contributed by atoms with van der Waals surface area (Å²) in [4.78, 5) is 0. The second-order valence-electron chi connectivity index (χ2n) is 4.53. The maximum absolute atomic E-state index is 8.85. The van der Waals surface area contributed by atoms with Crippen LogP contribution in [0.25, 0.3) is 0 Å². The van der Waals surface area contributed by atoms with Gasteiger partial charge in [0.25, 0.3) is 0 Å². The van der Waals surface area contributed by atoms with Crippen LogP contribution in [-0.4, -0.2) is 25.6 Å². The summed E-state index contributed by atoms with van der Waals surface area (Å²) in [5.41, 5.74) is 1.44. The molecule has 0 atom stereocenters. The van der Waals surface area contributed by atoms with Gasteiger partial charge in [0.1, 0.15) is 12.5 Å².